The van der Waals surface area contributed by atoms with Crippen LogP contribution in [0.4, 0.5) is 11.6 Å². The van der Waals surface area contributed by atoms with Gasteiger partial charge in [-0.05, 0) is 55.1 Å². The van der Waals surface area contributed by atoms with Crippen molar-refractivity contribution in [2.24, 2.45) is 0 Å². The summed E-state index contributed by atoms with van der Waals surface area (Å²) in [7, 11) is 3.77. The lowest BCUT2D eigenvalue weighted by Gasteiger charge is -2.17. The highest BCUT2D eigenvalue weighted by molar-refractivity contribution is 6.31. The zero-order valence-electron chi connectivity index (χ0n) is 18.1. The smallest absolute Gasteiger partial charge is 0.267 e. The minimum atomic E-state index is -0.178. The van der Waals surface area contributed by atoms with Crippen LogP contribution >= 0.6 is 11.6 Å². The first kappa shape index (κ1) is 22.0. The number of rotatable bonds is 8. The van der Waals surface area contributed by atoms with Gasteiger partial charge in [0.2, 0.25) is 5.95 Å². The number of hydrogen-bond acceptors (Lipinski definition) is 5. The summed E-state index contributed by atoms with van der Waals surface area (Å²) >= 11 is 6.14. The monoisotopic (exact) mass is 448 g/mol. The second-order valence-corrected chi connectivity index (χ2v) is 8.06. The van der Waals surface area contributed by atoms with Crippen LogP contribution in [0.25, 0.3) is 16.6 Å². The van der Waals surface area contributed by atoms with Gasteiger partial charge in [-0.3, -0.25) is 9.69 Å². The summed E-state index contributed by atoms with van der Waals surface area (Å²) < 4.78 is 6.71. The highest BCUT2D eigenvalue weighted by Gasteiger charge is 2.13. The molecule has 32 heavy (non-hydrogen) atoms. The summed E-state index contributed by atoms with van der Waals surface area (Å²) in [6.45, 7) is 2.39. The number of aromatic nitrogens is 2. The van der Waals surface area contributed by atoms with Gasteiger partial charge in [0.1, 0.15) is 0 Å². The predicted molar refractivity (Wildman–Crippen MR) is 130 cm³/mol. The van der Waals surface area contributed by atoms with E-state index in [1.807, 2.05) is 42.5 Å². The van der Waals surface area contributed by atoms with E-state index in [9.17, 15) is 4.79 Å². The SMILES string of the molecule is COCCN(C)Cc1ccc(Nc2nc3ccc(Cl)cc3c(=O)n2-c2ccccc2)cc1. The van der Waals surface area contributed by atoms with Gasteiger partial charge in [-0.25, -0.2) is 9.55 Å². The first-order valence-electron chi connectivity index (χ1n) is 10.4. The van der Waals surface area contributed by atoms with Crippen LogP contribution < -0.4 is 10.9 Å². The van der Waals surface area contributed by atoms with E-state index in [1.54, 1.807) is 29.9 Å². The lowest BCUT2D eigenvalue weighted by atomic mass is 10.2. The average Bonchev–Trinajstić information content (AvgIpc) is 2.80. The summed E-state index contributed by atoms with van der Waals surface area (Å²) in [5.74, 6) is 0.445. The molecule has 1 aromatic heterocycles. The highest BCUT2D eigenvalue weighted by atomic mass is 35.5. The van der Waals surface area contributed by atoms with Gasteiger partial charge in [0.25, 0.3) is 5.56 Å². The molecule has 0 saturated heterocycles. The van der Waals surface area contributed by atoms with Gasteiger partial charge in [-0.15, -0.1) is 0 Å². The van der Waals surface area contributed by atoms with Crippen molar-refractivity contribution in [3.05, 3.63) is 93.7 Å². The van der Waals surface area contributed by atoms with Crippen LogP contribution in [0.5, 0.6) is 0 Å². The van der Waals surface area contributed by atoms with E-state index in [0.29, 0.717) is 28.5 Å². The maximum absolute atomic E-state index is 13.4. The molecule has 0 aliphatic rings. The highest BCUT2D eigenvalue weighted by Crippen LogP contribution is 2.22. The summed E-state index contributed by atoms with van der Waals surface area (Å²) in [6, 6.07) is 22.7. The van der Waals surface area contributed by atoms with Crippen LogP contribution in [0.1, 0.15) is 5.56 Å². The maximum Gasteiger partial charge on any atom is 0.267 e. The van der Waals surface area contributed by atoms with Crippen LogP contribution in [0, 0.1) is 0 Å². The largest absolute Gasteiger partial charge is 0.383 e. The third kappa shape index (κ3) is 4.99. The first-order valence-corrected chi connectivity index (χ1v) is 10.7. The Hall–Kier alpha value is -3.19. The van der Waals surface area contributed by atoms with Gasteiger partial charge >= 0.3 is 0 Å². The van der Waals surface area contributed by atoms with Gasteiger partial charge in [-0.2, -0.15) is 0 Å². The van der Waals surface area contributed by atoms with Gasteiger partial charge in [0, 0.05) is 30.9 Å². The van der Waals surface area contributed by atoms with Crippen molar-refractivity contribution in [2.45, 2.75) is 6.54 Å². The second kappa shape index (κ2) is 9.96. The molecule has 1 heterocycles. The topological polar surface area (TPSA) is 59.4 Å². The molecule has 0 aliphatic heterocycles. The van der Waals surface area contributed by atoms with E-state index >= 15 is 0 Å². The molecule has 3 aromatic carbocycles. The number of nitrogens with one attached hydrogen (secondary N) is 1. The van der Waals surface area contributed by atoms with E-state index < -0.39 is 0 Å². The molecule has 164 valence electrons. The van der Waals surface area contributed by atoms with Crippen LogP contribution in [0.2, 0.25) is 5.02 Å². The summed E-state index contributed by atoms with van der Waals surface area (Å²) in [4.78, 5) is 20.3. The molecule has 1 N–H and O–H groups in total. The van der Waals surface area contributed by atoms with Crippen LogP contribution in [-0.2, 0) is 11.3 Å². The van der Waals surface area contributed by atoms with Crippen LogP contribution in [0.3, 0.4) is 0 Å². The van der Waals surface area contributed by atoms with Crippen molar-refractivity contribution in [3.8, 4) is 5.69 Å². The maximum atomic E-state index is 13.4. The minimum absolute atomic E-state index is 0.178. The molecule has 0 spiro atoms. The molecular weight excluding hydrogens is 424 g/mol. The van der Waals surface area contributed by atoms with Crippen molar-refractivity contribution in [2.75, 3.05) is 32.6 Å². The van der Waals surface area contributed by atoms with Crippen molar-refractivity contribution in [3.63, 3.8) is 0 Å². The predicted octanol–water partition coefficient (Wildman–Crippen LogP) is 4.86. The Labute approximate surface area is 192 Å². The number of ether oxygens (including phenoxy) is 1. The van der Waals surface area contributed by atoms with E-state index in [0.717, 1.165) is 24.5 Å². The fourth-order valence-electron chi connectivity index (χ4n) is 3.52. The molecule has 0 radical (unpaired) electrons. The zero-order chi connectivity index (χ0) is 22.5. The zero-order valence-corrected chi connectivity index (χ0v) is 18.8. The van der Waals surface area contributed by atoms with E-state index in [1.165, 1.54) is 5.56 Å². The molecule has 6 nitrogen and oxygen atoms in total. The number of anilines is 2. The van der Waals surface area contributed by atoms with Crippen molar-refractivity contribution < 1.29 is 4.74 Å². The van der Waals surface area contributed by atoms with Gasteiger partial charge in [0.05, 0.1) is 23.2 Å². The molecular formula is C25H25ClN4O2. The number of likely N-dealkylation sites (N-methyl/N-ethyl adjacent to an activating group) is 1. The van der Waals surface area contributed by atoms with Crippen molar-refractivity contribution >= 4 is 34.1 Å². The fourth-order valence-corrected chi connectivity index (χ4v) is 3.69. The van der Waals surface area contributed by atoms with Crippen LogP contribution in [-0.4, -0.2) is 41.8 Å². The lowest BCUT2D eigenvalue weighted by Crippen LogP contribution is -2.23. The first-order chi connectivity index (χ1) is 15.5. The number of fused-ring (bicyclic) bond motifs is 1. The van der Waals surface area contributed by atoms with Crippen molar-refractivity contribution in [1.82, 2.24) is 14.5 Å². The molecule has 4 aromatic rings. The number of hydrogen-bond donors (Lipinski definition) is 1. The number of nitrogens with zero attached hydrogens (tertiary/aromatic N) is 3. The molecule has 4 rings (SSSR count). The Kier molecular flexibility index (Phi) is 6.85. The molecule has 0 aliphatic carbocycles. The Balaban J connectivity index is 1.68. The Bertz CT molecular complexity index is 1260. The number of methoxy groups -OCH3 is 1. The normalized spacial score (nSPS) is 11.2. The van der Waals surface area contributed by atoms with Gasteiger partial charge < -0.3 is 10.1 Å². The number of benzene rings is 3. The Morgan fingerprint density at radius 1 is 1.06 bits per heavy atom. The molecule has 0 atom stereocenters. The van der Waals surface area contributed by atoms with Crippen LogP contribution in [0.15, 0.2) is 77.6 Å². The standard InChI is InChI=1S/C25H25ClN4O2/c1-29(14-15-32-2)17-18-8-11-20(12-9-18)27-25-28-23-13-10-19(26)16-22(23)24(31)30(25)21-6-4-3-5-7-21/h3-13,16H,14-15,17H2,1-2H3,(H,27,28). The quantitative estimate of drug-likeness (QED) is 0.417. The molecule has 0 fully saturated rings. The Morgan fingerprint density at radius 2 is 1.81 bits per heavy atom. The Morgan fingerprint density at radius 3 is 2.53 bits per heavy atom. The minimum Gasteiger partial charge on any atom is -0.383 e. The third-order valence-electron chi connectivity index (χ3n) is 5.18. The molecule has 0 unspecified atom stereocenters. The van der Waals surface area contributed by atoms with E-state index in [-0.39, 0.29) is 5.56 Å². The van der Waals surface area contributed by atoms with E-state index in [4.69, 9.17) is 21.3 Å². The molecule has 0 saturated carbocycles. The van der Waals surface area contributed by atoms with Gasteiger partial charge in [0.15, 0.2) is 0 Å². The third-order valence-corrected chi connectivity index (χ3v) is 5.42. The van der Waals surface area contributed by atoms with Gasteiger partial charge in [-0.1, -0.05) is 41.9 Å². The number of halogens is 1. The summed E-state index contributed by atoms with van der Waals surface area (Å²) in [5.41, 5.74) is 3.17. The summed E-state index contributed by atoms with van der Waals surface area (Å²) in [5, 5.41) is 4.29. The molecule has 7 heteroatoms. The summed E-state index contributed by atoms with van der Waals surface area (Å²) in [6.07, 6.45) is 0. The lowest BCUT2D eigenvalue weighted by molar-refractivity contribution is 0.158. The number of para-hydroxylation sites is 1. The molecule has 0 bridgehead atoms. The fraction of sp³-hybridized carbons (Fsp3) is 0.200. The average molecular weight is 449 g/mol. The van der Waals surface area contributed by atoms with E-state index in [2.05, 4.69) is 29.4 Å². The second-order valence-electron chi connectivity index (χ2n) is 7.63. The van der Waals surface area contributed by atoms with Crippen molar-refractivity contribution in [1.29, 1.82) is 0 Å². The molecule has 0 amide bonds.